The Balaban J connectivity index is 2.45. The third-order valence-electron chi connectivity index (χ3n) is 3.35. The zero-order valence-corrected chi connectivity index (χ0v) is 10.1. The Labute approximate surface area is 105 Å². The van der Waals surface area contributed by atoms with Crippen molar-refractivity contribution < 1.29 is 15.0 Å². The van der Waals surface area contributed by atoms with Crippen LogP contribution in [0.5, 0.6) is 5.75 Å². The molecule has 0 fully saturated rings. The number of phenolic OH excluding ortho intramolecular Hbond substituents is 1. The first-order valence-electron chi connectivity index (χ1n) is 5.81. The minimum atomic E-state index is -0.732. The normalized spacial score (nSPS) is 22.3. The van der Waals surface area contributed by atoms with Gasteiger partial charge in [-0.05, 0) is 37.1 Å². The number of amides is 2. The van der Waals surface area contributed by atoms with Gasteiger partial charge in [-0.25, -0.2) is 4.79 Å². The summed E-state index contributed by atoms with van der Waals surface area (Å²) in [7, 11) is 1.79. The van der Waals surface area contributed by atoms with Gasteiger partial charge in [-0.1, -0.05) is 6.07 Å². The van der Waals surface area contributed by atoms with Crippen molar-refractivity contribution >= 4 is 11.7 Å². The van der Waals surface area contributed by atoms with Gasteiger partial charge in [0.2, 0.25) is 0 Å². The van der Waals surface area contributed by atoms with Gasteiger partial charge >= 0.3 is 6.03 Å². The lowest BCUT2D eigenvalue weighted by Crippen LogP contribution is -2.36. The number of aliphatic hydroxyl groups is 1. The number of likely N-dealkylation sites (N-methyl/N-ethyl adjacent to an activating group) is 1. The zero-order valence-electron chi connectivity index (χ0n) is 10.1. The molecule has 2 rings (SSSR count). The van der Waals surface area contributed by atoms with Crippen LogP contribution in [0, 0.1) is 0 Å². The molecule has 0 unspecified atom stereocenters. The molecule has 0 aromatic heterocycles. The molecule has 18 heavy (non-hydrogen) atoms. The van der Waals surface area contributed by atoms with Crippen molar-refractivity contribution in [2.75, 3.05) is 12.4 Å². The summed E-state index contributed by atoms with van der Waals surface area (Å²) in [4.78, 5) is 10.9. The number of phenols is 1. The number of hydrogen-bond donors (Lipinski definition) is 5. The molecule has 1 aliphatic rings. The highest BCUT2D eigenvalue weighted by atomic mass is 16.3. The molecule has 0 spiro atoms. The fourth-order valence-electron chi connectivity index (χ4n) is 2.44. The van der Waals surface area contributed by atoms with E-state index in [0.717, 1.165) is 12.0 Å². The largest absolute Gasteiger partial charge is 0.506 e. The molecule has 0 heterocycles. The molecule has 1 aromatic rings. The Morgan fingerprint density at radius 3 is 2.83 bits per heavy atom. The van der Waals surface area contributed by atoms with Crippen molar-refractivity contribution in [3.05, 3.63) is 23.3 Å². The fraction of sp³-hybridized carbons (Fsp3) is 0.417. The Kier molecular flexibility index (Phi) is 3.40. The lowest BCUT2D eigenvalue weighted by molar-refractivity contribution is 0.119. The van der Waals surface area contributed by atoms with E-state index in [1.807, 2.05) is 0 Å². The van der Waals surface area contributed by atoms with E-state index < -0.39 is 12.1 Å². The molecule has 0 aliphatic heterocycles. The Hall–Kier alpha value is -1.79. The molecular formula is C12H17N3O3. The summed E-state index contributed by atoms with van der Waals surface area (Å²) < 4.78 is 0. The van der Waals surface area contributed by atoms with Gasteiger partial charge < -0.3 is 26.6 Å². The van der Waals surface area contributed by atoms with Crippen molar-refractivity contribution in [1.82, 2.24) is 5.32 Å². The van der Waals surface area contributed by atoms with Crippen molar-refractivity contribution in [3.63, 3.8) is 0 Å². The van der Waals surface area contributed by atoms with Crippen LogP contribution < -0.4 is 16.4 Å². The van der Waals surface area contributed by atoms with E-state index in [1.165, 1.54) is 6.07 Å². The Bertz CT molecular complexity index is 476. The molecule has 6 heteroatoms. The lowest BCUT2D eigenvalue weighted by atomic mass is 9.84. The number of hydrogen-bond acceptors (Lipinski definition) is 4. The van der Waals surface area contributed by atoms with Gasteiger partial charge in [0.1, 0.15) is 5.75 Å². The molecule has 1 aliphatic carbocycles. The van der Waals surface area contributed by atoms with Gasteiger partial charge in [0.05, 0.1) is 11.8 Å². The number of aromatic hydroxyl groups is 1. The van der Waals surface area contributed by atoms with Gasteiger partial charge in [-0.3, -0.25) is 0 Å². The highest BCUT2D eigenvalue weighted by molar-refractivity contribution is 5.91. The quantitative estimate of drug-likeness (QED) is 0.492. The summed E-state index contributed by atoms with van der Waals surface area (Å²) in [6.45, 7) is 0. The number of benzene rings is 1. The molecule has 98 valence electrons. The predicted octanol–water partition coefficient (Wildman–Crippen LogP) is 0.450. The molecule has 6 N–H and O–H groups in total. The van der Waals surface area contributed by atoms with Crippen LogP contribution in [-0.2, 0) is 6.42 Å². The molecule has 2 amide bonds. The predicted molar refractivity (Wildman–Crippen MR) is 67.4 cm³/mol. The third-order valence-corrected chi connectivity index (χ3v) is 3.35. The Morgan fingerprint density at radius 2 is 2.22 bits per heavy atom. The Morgan fingerprint density at radius 1 is 1.50 bits per heavy atom. The summed E-state index contributed by atoms with van der Waals surface area (Å²) in [6, 6.07) is 2.36. The first kappa shape index (κ1) is 12.7. The average molecular weight is 251 g/mol. The minimum Gasteiger partial charge on any atom is -0.506 e. The summed E-state index contributed by atoms with van der Waals surface area (Å²) >= 11 is 0. The van der Waals surface area contributed by atoms with Crippen molar-refractivity contribution in [1.29, 1.82) is 0 Å². The van der Waals surface area contributed by atoms with Gasteiger partial charge in [-0.2, -0.15) is 0 Å². The number of rotatable bonds is 2. The molecule has 2 atom stereocenters. The van der Waals surface area contributed by atoms with Crippen LogP contribution in [0.15, 0.2) is 12.1 Å². The molecule has 6 nitrogen and oxygen atoms in total. The number of carbonyl (C=O) groups excluding carboxylic acids is 1. The topological polar surface area (TPSA) is 108 Å². The summed E-state index contributed by atoms with van der Waals surface area (Å²) in [5, 5.41) is 25.4. The molecule has 0 saturated carbocycles. The first-order valence-corrected chi connectivity index (χ1v) is 5.81. The maximum absolute atomic E-state index is 10.9. The smallest absolute Gasteiger partial charge is 0.316 e. The first-order chi connectivity index (χ1) is 8.54. The number of nitrogens with two attached hydrogens (primary N) is 1. The number of fused-ring (bicyclic) bond motifs is 1. The van der Waals surface area contributed by atoms with Crippen LogP contribution in [0.4, 0.5) is 10.5 Å². The van der Waals surface area contributed by atoms with E-state index >= 15 is 0 Å². The highest BCUT2D eigenvalue weighted by Crippen LogP contribution is 2.38. The van der Waals surface area contributed by atoms with Crippen molar-refractivity contribution in [2.24, 2.45) is 5.73 Å². The van der Waals surface area contributed by atoms with Crippen LogP contribution in [0.3, 0.4) is 0 Å². The van der Waals surface area contributed by atoms with E-state index in [0.29, 0.717) is 17.7 Å². The number of anilines is 1. The third kappa shape index (κ3) is 2.12. The number of urea groups is 1. The van der Waals surface area contributed by atoms with Crippen LogP contribution in [0.1, 0.15) is 23.7 Å². The summed E-state index contributed by atoms with van der Waals surface area (Å²) in [5.74, 6) is -0.0392. The van der Waals surface area contributed by atoms with Gasteiger partial charge in [-0.15, -0.1) is 0 Å². The molecule has 0 bridgehead atoms. The van der Waals surface area contributed by atoms with Crippen molar-refractivity contribution in [3.8, 4) is 5.75 Å². The summed E-state index contributed by atoms with van der Waals surface area (Å²) in [6.07, 6.45) is 0.719. The van der Waals surface area contributed by atoms with E-state index in [4.69, 9.17) is 5.73 Å². The summed E-state index contributed by atoms with van der Waals surface area (Å²) in [5.41, 5.74) is 6.83. The van der Waals surface area contributed by atoms with E-state index in [-0.39, 0.29) is 11.8 Å². The van der Waals surface area contributed by atoms with E-state index in [2.05, 4.69) is 10.6 Å². The lowest BCUT2D eigenvalue weighted by Gasteiger charge is -2.31. The number of nitrogens with one attached hydrogen (secondary N) is 2. The van der Waals surface area contributed by atoms with Crippen LogP contribution in [-0.4, -0.2) is 29.3 Å². The molecule has 0 radical (unpaired) electrons. The maximum Gasteiger partial charge on any atom is 0.316 e. The number of aliphatic hydroxyl groups excluding tert-OH is 1. The standard InChI is InChI=1S/C12H17N3O3/c1-14-8-4-2-6-7(11(8)17)3-5-9(16)10(6)15-12(13)18/h3,5,8,11,14,16-17H,2,4H2,1H3,(H3,13,15,18)/t8-,11-/m1/s1. The SMILES string of the molecule is CN[C@@H]1CCc2c(ccc(O)c2NC(N)=O)[C@H]1O. The fourth-order valence-corrected chi connectivity index (χ4v) is 2.44. The van der Waals surface area contributed by atoms with Gasteiger partial charge in [0, 0.05) is 6.04 Å². The molecule has 0 saturated heterocycles. The monoisotopic (exact) mass is 251 g/mol. The van der Waals surface area contributed by atoms with E-state index in [1.54, 1.807) is 13.1 Å². The van der Waals surface area contributed by atoms with Crippen LogP contribution in [0.25, 0.3) is 0 Å². The van der Waals surface area contributed by atoms with Crippen LogP contribution in [0.2, 0.25) is 0 Å². The highest BCUT2D eigenvalue weighted by Gasteiger charge is 2.29. The molecular weight excluding hydrogens is 234 g/mol. The van der Waals surface area contributed by atoms with E-state index in [9.17, 15) is 15.0 Å². The number of primary amides is 1. The van der Waals surface area contributed by atoms with Crippen molar-refractivity contribution in [2.45, 2.75) is 25.0 Å². The maximum atomic E-state index is 10.9. The second-order valence-electron chi connectivity index (χ2n) is 4.40. The minimum absolute atomic E-state index is 0.0246. The second-order valence-corrected chi connectivity index (χ2v) is 4.40. The number of carbonyl (C=O) groups is 1. The zero-order chi connectivity index (χ0) is 13.3. The van der Waals surface area contributed by atoms with Crippen LogP contribution >= 0.6 is 0 Å². The molecule has 1 aromatic carbocycles. The van der Waals surface area contributed by atoms with Gasteiger partial charge in [0.25, 0.3) is 0 Å². The average Bonchev–Trinajstić information content (AvgIpc) is 2.33. The van der Waals surface area contributed by atoms with Gasteiger partial charge in [0.15, 0.2) is 0 Å². The second kappa shape index (κ2) is 4.83.